The maximum atomic E-state index is 12.3. The van der Waals surface area contributed by atoms with Crippen molar-refractivity contribution in [1.82, 2.24) is 4.90 Å². The molecule has 118 valence electrons. The van der Waals surface area contributed by atoms with Gasteiger partial charge in [-0.25, -0.2) is 8.42 Å². The Morgan fingerprint density at radius 1 is 1.29 bits per heavy atom. The van der Waals surface area contributed by atoms with Crippen LogP contribution >= 0.6 is 0 Å². The minimum Gasteiger partial charge on any atom is -0.395 e. The van der Waals surface area contributed by atoms with Gasteiger partial charge in [-0.05, 0) is 26.0 Å². The summed E-state index contributed by atoms with van der Waals surface area (Å²) in [7, 11) is -3.38. The molecule has 7 heteroatoms. The molecule has 0 radical (unpaired) electrons. The molecule has 1 aromatic rings. The molecule has 1 rings (SSSR count). The lowest BCUT2D eigenvalue weighted by Crippen LogP contribution is -2.37. The van der Waals surface area contributed by atoms with Gasteiger partial charge < -0.3 is 10.8 Å². The Kier molecular flexibility index (Phi) is 6.32. The van der Waals surface area contributed by atoms with Gasteiger partial charge in [0.15, 0.2) is 9.84 Å². The Hall–Kier alpha value is -1.44. The van der Waals surface area contributed by atoms with Crippen molar-refractivity contribution >= 4 is 15.7 Å². The Morgan fingerprint density at radius 3 is 2.29 bits per heavy atom. The maximum Gasteiger partial charge on any atom is 0.179 e. The van der Waals surface area contributed by atoms with E-state index < -0.39 is 9.84 Å². The van der Waals surface area contributed by atoms with Gasteiger partial charge in [0.25, 0.3) is 0 Å². The molecule has 0 atom stereocenters. The summed E-state index contributed by atoms with van der Waals surface area (Å²) in [6.45, 7) is 4.75. The molecule has 0 amide bonds. The molecule has 21 heavy (non-hydrogen) atoms. The summed E-state index contributed by atoms with van der Waals surface area (Å²) in [6.07, 6.45) is 0. The van der Waals surface area contributed by atoms with Gasteiger partial charge in [-0.3, -0.25) is 10.3 Å². The molecule has 0 saturated carbocycles. The van der Waals surface area contributed by atoms with Crippen molar-refractivity contribution in [1.29, 1.82) is 5.41 Å². The average molecular weight is 313 g/mol. The maximum absolute atomic E-state index is 12.3. The van der Waals surface area contributed by atoms with E-state index in [-0.39, 0.29) is 29.1 Å². The molecular weight excluding hydrogens is 290 g/mol. The number of aliphatic hydroxyl groups excluding tert-OH is 1. The summed E-state index contributed by atoms with van der Waals surface area (Å²) in [4.78, 5) is 2.14. The largest absolute Gasteiger partial charge is 0.395 e. The minimum atomic E-state index is -3.38. The van der Waals surface area contributed by atoms with Crippen LogP contribution < -0.4 is 5.73 Å². The number of nitrogens with zero attached hydrogens (tertiary/aromatic N) is 1. The van der Waals surface area contributed by atoms with Crippen LogP contribution in [0.1, 0.15) is 19.4 Å². The summed E-state index contributed by atoms with van der Waals surface area (Å²) in [5.41, 5.74) is 5.84. The van der Waals surface area contributed by atoms with Gasteiger partial charge in [0, 0.05) is 24.7 Å². The molecule has 0 aliphatic rings. The quantitative estimate of drug-likeness (QED) is 0.477. The number of rotatable bonds is 8. The monoisotopic (exact) mass is 313 g/mol. The summed E-state index contributed by atoms with van der Waals surface area (Å²) in [5, 5.41) is 16.3. The molecule has 0 spiro atoms. The van der Waals surface area contributed by atoms with E-state index >= 15 is 0 Å². The fraction of sp³-hybridized carbons (Fsp3) is 0.500. The standard InChI is InChI=1S/C14H23N3O3S/c1-11(2)17(7-9-18)8-10-21(19,20)13-5-3-12(4-6-13)14(15)16/h3-6,11,18H,7-10H2,1-2H3,(H3,15,16). The van der Waals surface area contributed by atoms with Gasteiger partial charge in [0.1, 0.15) is 5.84 Å². The highest BCUT2D eigenvalue weighted by Crippen LogP contribution is 2.13. The zero-order valence-corrected chi connectivity index (χ0v) is 13.2. The molecule has 0 fully saturated rings. The number of benzene rings is 1. The fourth-order valence-electron chi connectivity index (χ4n) is 1.95. The lowest BCUT2D eigenvalue weighted by atomic mass is 10.2. The first kappa shape index (κ1) is 17.6. The number of nitrogens with one attached hydrogen (secondary N) is 1. The van der Waals surface area contributed by atoms with Crippen LogP contribution in [0.4, 0.5) is 0 Å². The van der Waals surface area contributed by atoms with E-state index in [1.165, 1.54) is 24.3 Å². The van der Waals surface area contributed by atoms with Crippen molar-refractivity contribution in [3.05, 3.63) is 29.8 Å². The number of nitrogens with two attached hydrogens (primary N) is 1. The van der Waals surface area contributed by atoms with Gasteiger partial charge in [-0.15, -0.1) is 0 Å². The Balaban J connectivity index is 2.79. The van der Waals surface area contributed by atoms with Crippen molar-refractivity contribution in [2.45, 2.75) is 24.8 Å². The molecule has 0 bridgehead atoms. The van der Waals surface area contributed by atoms with E-state index in [0.717, 1.165) is 0 Å². The van der Waals surface area contributed by atoms with E-state index in [9.17, 15) is 8.42 Å². The van der Waals surface area contributed by atoms with Gasteiger partial charge in [0.2, 0.25) is 0 Å². The molecule has 0 aliphatic heterocycles. The molecule has 1 aromatic carbocycles. The van der Waals surface area contributed by atoms with Gasteiger partial charge in [0.05, 0.1) is 17.3 Å². The van der Waals surface area contributed by atoms with Crippen LogP contribution in [0.25, 0.3) is 0 Å². The molecule has 0 heterocycles. The minimum absolute atomic E-state index is 0.00549. The fourth-order valence-corrected chi connectivity index (χ4v) is 3.22. The van der Waals surface area contributed by atoms with Crippen molar-refractivity contribution in [2.24, 2.45) is 5.73 Å². The highest BCUT2D eigenvalue weighted by molar-refractivity contribution is 7.91. The van der Waals surface area contributed by atoms with E-state index in [0.29, 0.717) is 18.7 Å². The molecule has 0 saturated heterocycles. The zero-order chi connectivity index (χ0) is 16.0. The summed E-state index contributed by atoms with van der Waals surface area (Å²) in [5.74, 6) is -0.0993. The van der Waals surface area contributed by atoms with E-state index in [2.05, 4.69) is 0 Å². The second-order valence-corrected chi connectivity index (χ2v) is 7.22. The first-order chi connectivity index (χ1) is 9.77. The number of aliphatic hydroxyl groups is 1. The van der Waals surface area contributed by atoms with Gasteiger partial charge in [-0.1, -0.05) is 12.1 Å². The van der Waals surface area contributed by atoms with Crippen molar-refractivity contribution in [2.75, 3.05) is 25.4 Å². The topological polar surface area (TPSA) is 107 Å². The molecule has 0 aliphatic carbocycles. The first-order valence-electron chi connectivity index (χ1n) is 6.80. The highest BCUT2D eigenvalue weighted by atomic mass is 32.2. The SMILES string of the molecule is CC(C)N(CCO)CCS(=O)(=O)c1ccc(C(=N)N)cc1. The molecule has 4 N–H and O–H groups in total. The molecular formula is C14H23N3O3S. The second kappa shape index (κ2) is 7.53. The van der Waals surface area contributed by atoms with Crippen LogP contribution in [0.5, 0.6) is 0 Å². The normalized spacial score (nSPS) is 12.0. The second-order valence-electron chi connectivity index (χ2n) is 5.11. The Morgan fingerprint density at radius 2 is 1.86 bits per heavy atom. The first-order valence-corrected chi connectivity index (χ1v) is 8.45. The van der Waals surface area contributed by atoms with Crippen LogP contribution in [-0.4, -0.2) is 55.8 Å². The van der Waals surface area contributed by atoms with Crippen LogP contribution in [0, 0.1) is 5.41 Å². The van der Waals surface area contributed by atoms with E-state index in [1.807, 2.05) is 18.7 Å². The Bertz CT molecular complexity index is 568. The summed E-state index contributed by atoms with van der Waals surface area (Å²) >= 11 is 0. The third kappa shape index (κ3) is 5.11. The van der Waals surface area contributed by atoms with Gasteiger partial charge >= 0.3 is 0 Å². The lowest BCUT2D eigenvalue weighted by molar-refractivity contribution is 0.173. The van der Waals surface area contributed by atoms with Crippen LogP contribution in [0.2, 0.25) is 0 Å². The third-order valence-corrected chi connectivity index (χ3v) is 5.00. The van der Waals surface area contributed by atoms with E-state index in [1.54, 1.807) is 0 Å². The highest BCUT2D eigenvalue weighted by Gasteiger charge is 2.18. The molecule has 0 aromatic heterocycles. The van der Waals surface area contributed by atoms with Crippen LogP contribution in [-0.2, 0) is 9.84 Å². The molecule has 0 unspecified atom stereocenters. The van der Waals surface area contributed by atoms with Crippen LogP contribution in [0.15, 0.2) is 29.2 Å². The number of sulfone groups is 1. The lowest BCUT2D eigenvalue weighted by Gasteiger charge is -2.25. The van der Waals surface area contributed by atoms with Gasteiger partial charge in [-0.2, -0.15) is 0 Å². The predicted molar refractivity (Wildman–Crippen MR) is 83.3 cm³/mol. The molecule has 6 nitrogen and oxygen atoms in total. The smallest absolute Gasteiger partial charge is 0.179 e. The number of hydrogen-bond donors (Lipinski definition) is 3. The number of amidine groups is 1. The third-order valence-electron chi connectivity index (χ3n) is 3.29. The summed E-state index contributed by atoms with van der Waals surface area (Å²) in [6, 6.07) is 6.18. The van der Waals surface area contributed by atoms with Crippen LogP contribution in [0.3, 0.4) is 0 Å². The average Bonchev–Trinajstić information content (AvgIpc) is 2.43. The summed E-state index contributed by atoms with van der Waals surface area (Å²) < 4.78 is 24.5. The zero-order valence-electron chi connectivity index (χ0n) is 12.4. The van der Waals surface area contributed by atoms with E-state index in [4.69, 9.17) is 16.2 Å². The number of nitrogen functional groups attached to an aromatic ring is 1. The van der Waals surface area contributed by atoms with Crippen molar-refractivity contribution in [3.63, 3.8) is 0 Å². The number of hydrogen-bond acceptors (Lipinski definition) is 5. The van der Waals surface area contributed by atoms with Crippen molar-refractivity contribution in [3.8, 4) is 0 Å². The Labute approximate surface area is 126 Å². The van der Waals surface area contributed by atoms with Crippen molar-refractivity contribution < 1.29 is 13.5 Å². The predicted octanol–water partition coefficient (Wildman–Crippen LogP) is 0.447.